The van der Waals surface area contributed by atoms with Crippen molar-refractivity contribution in [3.63, 3.8) is 0 Å². The molecule has 1 aromatic heterocycles. The molecule has 0 saturated carbocycles. The molecule has 13 heavy (non-hydrogen) atoms. The highest BCUT2D eigenvalue weighted by atomic mass is 32.2. The number of aromatic amines is 1. The molecule has 1 aromatic rings. The zero-order valence-corrected chi connectivity index (χ0v) is 8.09. The summed E-state index contributed by atoms with van der Waals surface area (Å²) in [7, 11) is 0.237. The molecule has 1 heterocycles. The molecule has 0 spiro atoms. The monoisotopic (exact) mass is 202 g/mol. The van der Waals surface area contributed by atoms with Gasteiger partial charge in [0.25, 0.3) is 0 Å². The van der Waals surface area contributed by atoms with Crippen molar-refractivity contribution >= 4 is 16.6 Å². The van der Waals surface area contributed by atoms with Gasteiger partial charge >= 0.3 is 0 Å². The van der Waals surface area contributed by atoms with Gasteiger partial charge in [-0.05, 0) is 0 Å². The van der Waals surface area contributed by atoms with Crippen molar-refractivity contribution in [2.75, 3.05) is 13.4 Å². The summed E-state index contributed by atoms with van der Waals surface area (Å²) in [4.78, 5) is 4.99. The van der Waals surface area contributed by atoms with E-state index in [2.05, 4.69) is 20.2 Å². The van der Waals surface area contributed by atoms with Gasteiger partial charge < -0.3 is 10.6 Å². The number of nitrogens with two attached hydrogens (primary N) is 1. The van der Waals surface area contributed by atoms with E-state index in [1.54, 1.807) is 0 Å². The van der Waals surface area contributed by atoms with Gasteiger partial charge in [0.2, 0.25) is 0 Å². The van der Waals surface area contributed by atoms with Crippen molar-refractivity contribution in [2.24, 2.45) is 10.9 Å². The van der Waals surface area contributed by atoms with Crippen molar-refractivity contribution < 1.29 is 9.05 Å². The third-order valence-corrected chi connectivity index (χ3v) is 2.29. The lowest BCUT2D eigenvalue weighted by Crippen LogP contribution is -2.16. The molecule has 0 saturated heterocycles. The van der Waals surface area contributed by atoms with Crippen LogP contribution in [-0.4, -0.2) is 33.6 Å². The molecule has 0 amide bonds. The van der Waals surface area contributed by atoms with Crippen LogP contribution in [0.3, 0.4) is 0 Å². The molecule has 0 fully saturated rings. The predicted molar refractivity (Wildman–Crippen MR) is 48.7 cm³/mol. The minimum Gasteiger partial charge on any atom is -0.397 e. The molecule has 0 radical (unpaired) electrons. The molecule has 3 N–H and O–H groups in total. The maximum Gasteiger partial charge on any atom is 0.189 e. The Balaban J connectivity index is 3.07. The fraction of sp³-hybridized carbons (Fsp3) is 0.333. The summed E-state index contributed by atoms with van der Waals surface area (Å²) in [6.07, 6.45) is 2.98. The summed E-state index contributed by atoms with van der Waals surface area (Å²) in [5, 5.41) is 9.80. The highest BCUT2D eigenvalue weighted by Crippen LogP contribution is 2.08. The summed E-state index contributed by atoms with van der Waals surface area (Å²) < 4.78 is 11.1. The van der Waals surface area contributed by atoms with Crippen LogP contribution in [-0.2, 0) is 15.6 Å². The number of hydrogen-bond acceptors (Lipinski definition) is 4. The summed E-state index contributed by atoms with van der Waals surface area (Å²) in [6.45, 7) is 0. The van der Waals surface area contributed by atoms with Crippen LogP contribution >= 0.6 is 0 Å². The van der Waals surface area contributed by atoms with Gasteiger partial charge in [0.1, 0.15) is 12.8 Å². The smallest absolute Gasteiger partial charge is 0.189 e. The Morgan fingerprint density at radius 3 is 3.08 bits per heavy atom. The SMILES string of the molecule is CON=C(N)c1[nH]ncc1S(C)=O. The van der Waals surface area contributed by atoms with E-state index < -0.39 is 10.8 Å². The number of aromatic nitrogens is 2. The predicted octanol–water partition coefficient (Wildman–Crippen LogP) is -0.586. The number of hydrogen-bond donors (Lipinski definition) is 2. The Labute approximate surface area is 77.6 Å². The summed E-state index contributed by atoms with van der Waals surface area (Å²) >= 11 is 0. The molecule has 6 nitrogen and oxygen atoms in total. The zero-order chi connectivity index (χ0) is 9.84. The van der Waals surface area contributed by atoms with E-state index in [0.29, 0.717) is 10.6 Å². The maximum absolute atomic E-state index is 11.1. The average Bonchev–Trinajstić information content (AvgIpc) is 2.52. The zero-order valence-electron chi connectivity index (χ0n) is 7.27. The van der Waals surface area contributed by atoms with Crippen molar-refractivity contribution in [1.82, 2.24) is 10.2 Å². The second-order valence-electron chi connectivity index (χ2n) is 2.22. The van der Waals surface area contributed by atoms with Gasteiger partial charge in [-0.3, -0.25) is 9.31 Å². The van der Waals surface area contributed by atoms with E-state index in [4.69, 9.17) is 5.73 Å². The fourth-order valence-electron chi connectivity index (χ4n) is 0.821. The van der Waals surface area contributed by atoms with Crippen LogP contribution in [0.5, 0.6) is 0 Å². The van der Waals surface area contributed by atoms with Gasteiger partial charge in [-0.15, -0.1) is 0 Å². The quantitative estimate of drug-likeness (QED) is 0.389. The van der Waals surface area contributed by atoms with Gasteiger partial charge in [0, 0.05) is 6.26 Å². The van der Waals surface area contributed by atoms with E-state index in [9.17, 15) is 4.21 Å². The topological polar surface area (TPSA) is 93.4 Å². The molecule has 72 valence electrons. The largest absolute Gasteiger partial charge is 0.397 e. The van der Waals surface area contributed by atoms with Crippen LogP contribution in [0.2, 0.25) is 0 Å². The summed E-state index contributed by atoms with van der Waals surface area (Å²) in [5.74, 6) is 0.130. The van der Waals surface area contributed by atoms with E-state index in [-0.39, 0.29) is 5.84 Å². The van der Waals surface area contributed by atoms with E-state index >= 15 is 0 Å². The third-order valence-electron chi connectivity index (χ3n) is 1.36. The van der Waals surface area contributed by atoms with Gasteiger partial charge in [0.05, 0.1) is 21.9 Å². The molecule has 0 bridgehead atoms. The van der Waals surface area contributed by atoms with Crippen LogP contribution in [0.25, 0.3) is 0 Å². The fourth-order valence-corrected chi connectivity index (χ4v) is 1.46. The molecular formula is C6H10N4O2S. The molecule has 1 atom stereocenters. The number of nitrogens with zero attached hydrogens (tertiary/aromatic N) is 2. The summed E-state index contributed by atoms with van der Waals surface area (Å²) in [5.41, 5.74) is 5.94. The number of H-pyrrole nitrogens is 1. The van der Waals surface area contributed by atoms with E-state index in [1.165, 1.54) is 19.6 Å². The molecule has 0 aromatic carbocycles. The minimum absolute atomic E-state index is 0.130. The van der Waals surface area contributed by atoms with Crippen molar-refractivity contribution in [1.29, 1.82) is 0 Å². The average molecular weight is 202 g/mol. The molecule has 7 heteroatoms. The first kappa shape index (κ1) is 9.72. The number of rotatable bonds is 3. The van der Waals surface area contributed by atoms with Crippen LogP contribution in [0.15, 0.2) is 16.2 Å². The molecular weight excluding hydrogens is 192 g/mol. The first-order valence-electron chi connectivity index (χ1n) is 3.40. The van der Waals surface area contributed by atoms with E-state index in [1.807, 2.05) is 0 Å². The van der Waals surface area contributed by atoms with Crippen LogP contribution < -0.4 is 5.73 Å². The van der Waals surface area contributed by atoms with Gasteiger partial charge in [-0.1, -0.05) is 5.16 Å². The van der Waals surface area contributed by atoms with Gasteiger partial charge in [-0.2, -0.15) is 5.10 Å². The Bertz CT molecular complexity index is 346. The second kappa shape index (κ2) is 4.04. The first-order chi connectivity index (χ1) is 6.16. The highest BCUT2D eigenvalue weighted by molar-refractivity contribution is 7.84. The lowest BCUT2D eigenvalue weighted by Gasteiger charge is -1.97. The Morgan fingerprint density at radius 2 is 2.54 bits per heavy atom. The molecule has 0 aliphatic rings. The molecule has 0 aliphatic heterocycles. The number of amidine groups is 1. The normalized spacial score (nSPS) is 14.2. The Kier molecular flexibility index (Phi) is 3.02. The van der Waals surface area contributed by atoms with Crippen LogP contribution in [0.4, 0.5) is 0 Å². The second-order valence-corrected chi connectivity index (χ2v) is 3.57. The van der Waals surface area contributed by atoms with Crippen molar-refractivity contribution in [3.05, 3.63) is 11.9 Å². The minimum atomic E-state index is -1.14. The van der Waals surface area contributed by atoms with Crippen LogP contribution in [0.1, 0.15) is 5.69 Å². The highest BCUT2D eigenvalue weighted by Gasteiger charge is 2.12. The lowest BCUT2D eigenvalue weighted by molar-refractivity contribution is 0.213. The number of oxime groups is 1. The standard InChI is InChI=1S/C6H10N4O2S/c1-12-10-6(7)5-4(13(2)11)3-8-9-5/h3H,1-2H3,(H2,7,10)(H,8,9). The first-order valence-corrected chi connectivity index (χ1v) is 4.96. The van der Waals surface area contributed by atoms with Crippen LogP contribution in [0, 0.1) is 0 Å². The maximum atomic E-state index is 11.1. The number of nitrogens with one attached hydrogen (secondary N) is 1. The molecule has 0 aliphatic carbocycles. The van der Waals surface area contributed by atoms with Gasteiger partial charge in [0.15, 0.2) is 5.84 Å². The Morgan fingerprint density at radius 1 is 1.85 bits per heavy atom. The van der Waals surface area contributed by atoms with Crippen molar-refractivity contribution in [3.8, 4) is 0 Å². The van der Waals surface area contributed by atoms with Crippen molar-refractivity contribution in [2.45, 2.75) is 4.90 Å². The lowest BCUT2D eigenvalue weighted by atomic mass is 10.4. The Hall–Kier alpha value is -1.37. The molecule has 1 rings (SSSR count). The van der Waals surface area contributed by atoms with E-state index in [0.717, 1.165) is 0 Å². The van der Waals surface area contributed by atoms with Gasteiger partial charge in [-0.25, -0.2) is 0 Å². The molecule has 1 unspecified atom stereocenters. The summed E-state index contributed by atoms with van der Waals surface area (Å²) in [6, 6.07) is 0. The third kappa shape index (κ3) is 2.05.